The third kappa shape index (κ3) is 2.11. The first-order valence-corrected chi connectivity index (χ1v) is 4.76. The van der Waals surface area contributed by atoms with Crippen molar-refractivity contribution in [3.63, 3.8) is 0 Å². The number of aromatic nitrogens is 2. The standard InChI is InChI=1S/C9H15N5/c1-6-3-8(11-5-10-6)12-9-4-7(2)13-14-9/h4,8,11H,3,5H2,1-2H3,(H2,12,13,14). The highest BCUT2D eigenvalue weighted by Gasteiger charge is 2.13. The van der Waals surface area contributed by atoms with Crippen molar-refractivity contribution >= 4 is 11.5 Å². The van der Waals surface area contributed by atoms with E-state index in [-0.39, 0.29) is 6.17 Å². The quantitative estimate of drug-likeness (QED) is 0.653. The van der Waals surface area contributed by atoms with E-state index in [9.17, 15) is 0 Å². The molecule has 0 saturated carbocycles. The number of aliphatic imine (C=N–C) groups is 1. The van der Waals surface area contributed by atoms with Crippen molar-refractivity contribution in [1.82, 2.24) is 15.5 Å². The molecule has 76 valence electrons. The molecular formula is C9H15N5. The molecule has 0 radical (unpaired) electrons. The van der Waals surface area contributed by atoms with Crippen LogP contribution in [0.1, 0.15) is 19.0 Å². The minimum Gasteiger partial charge on any atom is -0.353 e. The molecule has 0 aromatic carbocycles. The topological polar surface area (TPSA) is 65.1 Å². The molecule has 5 heteroatoms. The van der Waals surface area contributed by atoms with E-state index in [0.717, 1.165) is 17.9 Å². The number of hydrogen-bond donors (Lipinski definition) is 3. The Morgan fingerprint density at radius 3 is 3.00 bits per heavy atom. The van der Waals surface area contributed by atoms with E-state index in [4.69, 9.17) is 0 Å². The highest BCUT2D eigenvalue weighted by atomic mass is 15.3. The first-order valence-electron chi connectivity index (χ1n) is 4.76. The monoisotopic (exact) mass is 193 g/mol. The van der Waals surface area contributed by atoms with E-state index in [2.05, 4.69) is 25.8 Å². The maximum Gasteiger partial charge on any atom is 0.149 e. The zero-order chi connectivity index (χ0) is 9.97. The van der Waals surface area contributed by atoms with Gasteiger partial charge in [-0.25, -0.2) is 0 Å². The first-order chi connectivity index (χ1) is 6.74. The highest BCUT2D eigenvalue weighted by Crippen LogP contribution is 2.08. The van der Waals surface area contributed by atoms with Crippen LogP contribution in [0.2, 0.25) is 0 Å². The Hall–Kier alpha value is -1.36. The van der Waals surface area contributed by atoms with Crippen LogP contribution in [0.3, 0.4) is 0 Å². The van der Waals surface area contributed by atoms with E-state index in [0.29, 0.717) is 6.67 Å². The molecule has 2 heterocycles. The number of hydrogen-bond acceptors (Lipinski definition) is 4. The van der Waals surface area contributed by atoms with Crippen molar-refractivity contribution < 1.29 is 0 Å². The van der Waals surface area contributed by atoms with Gasteiger partial charge in [0.1, 0.15) is 5.82 Å². The summed E-state index contributed by atoms with van der Waals surface area (Å²) in [5, 5.41) is 13.6. The third-order valence-electron chi connectivity index (χ3n) is 2.21. The fourth-order valence-corrected chi connectivity index (χ4v) is 1.50. The molecular weight excluding hydrogens is 178 g/mol. The summed E-state index contributed by atoms with van der Waals surface area (Å²) in [6.45, 7) is 4.72. The number of H-pyrrole nitrogens is 1. The van der Waals surface area contributed by atoms with Gasteiger partial charge in [0.15, 0.2) is 0 Å². The summed E-state index contributed by atoms with van der Waals surface area (Å²) in [4.78, 5) is 4.26. The summed E-state index contributed by atoms with van der Waals surface area (Å²) in [6, 6.07) is 1.99. The van der Waals surface area contributed by atoms with E-state index >= 15 is 0 Å². The fourth-order valence-electron chi connectivity index (χ4n) is 1.50. The van der Waals surface area contributed by atoms with Crippen LogP contribution in [-0.4, -0.2) is 28.7 Å². The predicted molar refractivity (Wildman–Crippen MR) is 56.5 cm³/mol. The molecule has 1 aromatic heterocycles. The van der Waals surface area contributed by atoms with Gasteiger partial charge in [-0.2, -0.15) is 5.10 Å². The maximum absolute atomic E-state index is 4.26. The van der Waals surface area contributed by atoms with Crippen LogP contribution in [0.25, 0.3) is 0 Å². The summed E-state index contributed by atoms with van der Waals surface area (Å²) < 4.78 is 0. The largest absolute Gasteiger partial charge is 0.353 e. The molecule has 1 aromatic rings. The van der Waals surface area contributed by atoms with Gasteiger partial charge in [-0.1, -0.05) is 0 Å². The Balaban J connectivity index is 1.95. The van der Waals surface area contributed by atoms with Crippen LogP contribution in [0.4, 0.5) is 5.82 Å². The Bertz CT molecular complexity index is 341. The SMILES string of the molecule is CC1=NCNC(Nc2cc(C)[nH]n2)C1. The van der Waals surface area contributed by atoms with E-state index in [1.807, 2.05) is 19.9 Å². The summed E-state index contributed by atoms with van der Waals surface area (Å²) >= 11 is 0. The zero-order valence-electron chi connectivity index (χ0n) is 8.46. The van der Waals surface area contributed by atoms with Gasteiger partial charge in [0, 0.05) is 23.9 Å². The lowest BCUT2D eigenvalue weighted by atomic mass is 10.2. The molecule has 1 aliphatic heterocycles. The molecule has 0 spiro atoms. The highest BCUT2D eigenvalue weighted by molar-refractivity contribution is 5.83. The molecule has 1 unspecified atom stereocenters. The minimum absolute atomic E-state index is 0.246. The van der Waals surface area contributed by atoms with Crippen molar-refractivity contribution in [3.8, 4) is 0 Å². The molecule has 14 heavy (non-hydrogen) atoms. The molecule has 0 saturated heterocycles. The molecule has 5 nitrogen and oxygen atoms in total. The molecule has 0 fully saturated rings. The molecule has 0 amide bonds. The van der Waals surface area contributed by atoms with Crippen LogP contribution in [0.15, 0.2) is 11.1 Å². The molecule has 0 bridgehead atoms. The average Bonchev–Trinajstić information content (AvgIpc) is 2.51. The fraction of sp³-hybridized carbons (Fsp3) is 0.556. The summed E-state index contributed by atoms with van der Waals surface area (Å²) in [5.74, 6) is 0.884. The van der Waals surface area contributed by atoms with Gasteiger partial charge in [-0.05, 0) is 13.8 Å². The van der Waals surface area contributed by atoms with Crippen molar-refractivity contribution in [2.24, 2.45) is 4.99 Å². The van der Waals surface area contributed by atoms with Crippen LogP contribution < -0.4 is 10.6 Å². The second-order valence-electron chi connectivity index (χ2n) is 3.59. The second-order valence-corrected chi connectivity index (χ2v) is 3.59. The molecule has 2 rings (SSSR count). The maximum atomic E-state index is 4.26. The van der Waals surface area contributed by atoms with Crippen molar-refractivity contribution in [2.75, 3.05) is 12.0 Å². The third-order valence-corrected chi connectivity index (χ3v) is 2.21. The van der Waals surface area contributed by atoms with E-state index in [1.54, 1.807) is 0 Å². The lowest BCUT2D eigenvalue weighted by molar-refractivity contribution is 0.562. The lowest BCUT2D eigenvalue weighted by Gasteiger charge is -2.22. The van der Waals surface area contributed by atoms with Crippen molar-refractivity contribution in [1.29, 1.82) is 0 Å². The van der Waals surface area contributed by atoms with Gasteiger partial charge in [-0.15, -0.1) is 0 Å². The minimum atomic E-state index is 0.246. The molecule has 1 atom stereocenters. The van der Waals surface area contributed by atoms with Gasteiger partial charge in [0.2, 0.25) is 0 Å². The van der Waals surface area contributed by atoms with Crippen LogP contribution in [0.5, 0.6) is 0 Å². The van der Waals surface area contributed by atoms with E-state index in [1.165, 1.54) is 5.71 Å². The molecule has 0 aliphatic carbocycles. The van der Waals surface area contributed by atoms with Crippen LogP contribution in [-0.2, 0) is 0 Å². The first kappa shape index (κ1) is 9.21. The Morgan fingerprint density at radius 1 is 1.50 bits per heavy atom. The number of aromatic amines is 1. The van der Waals surface area contributed by atoms with Crippen molar-refractivity contribution in [2.45, 2.75) is 26.4 Å². The zero-order valence-corrected chi connectivity index (χ0v) is 8.46. The number of nitrogens with zero attached hydrogens (tertiary/aromatic N) is 2. The van der Waals surface area contributed by atoms with Crippen LogP contribution >= 0.6 is 0 Å². The number of aryl methyl sites for hydroxylation is 1. The Labute approximate surface area is 83.0 Å². The lowest BCUT2D eigenvalue weighted by Crippen LogP contribution is -2.41. The normalized spacial score (nSPS) is 21.9. The number of anilines is 1. The van der Waals surface area contributed by atoms with Gasteiger partial charge >= 0.3 is 0 Å². The Kier molecular flexibility index (Phi) is 2.49. The molecule has 1 aliphatic rings. The van der Waals surface area contributed by atoms with Gasteiger partial charge < -0.3 is 5.32 Å². The van der Waals surface area contributed by atoms with E-state index < -0.39 is 0 Å². The Morgan fingerprint density at radius 2 is 2.36 bits per heavy atom. The number of nitrogens with one attached hydrogen (secondary N) is 3. The van der Waals surface area contributed by atoms with Gasteiger partial charge in [0.05, 0.1) is 12.8 Å². The summed E-state index contributed by atoms with van der Waals surface area (Å²) in [5.41, 5.74) is 2.24. The van der Waals surface area contributed by atoms with Gasteiger partial charge in [-0.3, -0.25) is 15.4 Å². The second kappa shape index (κ2) is 3.79. The average molecular weight is 193 g/mol. The van der Waals surface area contributed by atoms with Crippen molar-refractivity contribution in [3.05, 3.63) is 11.8 Å². The molecule has 3 N–H and O–H groups in total. The predicted octanol–water partition coefficient (Wildman–Crippen LogP) is 0.868. The summed E-state index contributed by atoms with van der Waals surface area (Å²) in [7, 11) is 0. The number of rotatable bonds is 2. The smallest absolute Gasteiger partial charge is 0.149 e. The van der Waals surface area contributed by atoms with Crippen LogP contribution in [0, 0.1) is 6.92 Å². The van der Waals surface area contributed by atoms with Gasteiger partial charge in [0.25, 0.3) is 0 Å². The summed E-state index contributed by atoms with van der Waals surface area (Å²) in [6.07, 6.45) is 1.17.